The van der Waals surface area contributed by atoms with Gasteiger partial charge in [0.2, 0.25) is 5.91 Å². The lowest BCUT2D eigenvalue weighted by Gasteiger charge is -2.28. The molecule has 1 atom stereocenters. The number of hydrogen-bond acceptors (Lipinski definition) is 4. The molecule has 2 heterocycles. The number of aromatic nitrogens is 4. The summed E-state index contributed by atoms with van der Waals surface area (Å²) in [5.74, 6) is 0.624. The summed E-state index contributed by atoms with van der Waals surface area (Å²) in [5.41, 5.74) is 4.65. The van der Waals surface area contributed by atoms with Crippen LogP contribution in [0.5, 0.6) is 0 Å². The van der Waals surface area contributed by atoms with Gasteiger partial charge in [0.05, 0.1) is 23.6 Å². The van der Waals surface area contributed by atoms with Crippen molar-refractivity contribution in [3.8, 4) is 22.5 Å². The number of H-pyrrole nitrogens is 2. The van der Waals surface area contributed by atoms with Crippen LogP contribution in [0.2, 0.25) is 0 Å². The smallest absolute Gasteiger partial charge is 0.408 e. The predicted octanol–water partition coefficient (Wildman–Crippen LogP) is 5.38. The highest BCUT2D eigenvalue weighted by molar-refractivity contribution is 5.75. The Labute approximate surface area is 216 Å². The normalized spacial score (nSPS) is 11.7. The minimum absolute atomic E-state index is 0.0158. The lowest BCUT2D eigenvalue weighted by molar-refractivity contribution is -0.120. The summed E-state index contributed by atoms with van der Waals surface area (Å²) in [7, 11) is 1.63. The highest BCUT2D eigenvalue weighted by Gasteiger charge is 2.27. The van der Waals surface area contributed by atoms with E-state index in [4.69, 9.17) is 0 Å². The fourth-order valence-corrected chi connectivity index (χ4v) is 4.36. The Morgan fingerprint density at radius 1 is 0.973 bits per heavy atom. The highest BCUT2D eigenvalue weighted by Crippen LogP contribution is 2.30. The zero-order valence-electron chi connectivity index (χ0n) is 20.9. The number of carboxylic acid groups (broad SMARTS) is 1. The number of unbranched alkanes of at least 4 members (excludes halogenated alkanes) is 2. The molecular formula is C28H32N6O3. The number of nitrogens with one attached hydrogen (secondary N) is 3. The van der Waals surface area contributed by atoms with Crippen molar-refractivity contribution in [1.29, 1.82) is 0 Å². The maximum Gasteiger partial charge on any atom is 0.408 e. The van der Waals surface area contributed by atoms with Crippen LogP contribution >= 0.6 is 0 Å². The first-order valence-corrected chi connectivity index (χ1v) is 12.4. The van der Waals surface area contributed by atoms with Crippen LogP contribution in [-0.4, -0.2) is 49.2 Å². The molecule has 0 unspecified atom stereocenters. The molecule has 192 valence electrons. The third-order valence-electron chi connectivity index (χ3n) is 6.40. The molecule has 4 aromatic rings. The van der Waals surface area contributed by atoms with Crippen LogP contribution in [0.3, 0.4) is 0 Å². The molecule has 9 heteroatoms. The van der Waals surface area contributed by atoms with E-state index in [0.717, 1.165) is 47.3 Å². The number of carbonyl (C=O) groups excluding carboxylic acids is 1. The summed E-state index contributed by atoms with van der Waals surface area (Å²) >= 11 is 0. The first-order valence-electron chi connectivity index (χ1n) is 12.4. The Morgan fingerprint density at radius 3 is 2.35 bits per heavy atom. The van der Waals surface area contributed by atoms with Gasteiger partial charge in [-0.3, -0.25) is 14.8 Å². The minimum atomic E-state index is -0.999. The maximum atomic E-state index is 12.4. The summed E-state index contributed by atoms with van der Waals surface area (Å²) in [6, 6.07) is 19.0. The molecule has 9 nitrogen and oxygen atoms in total. The van der Waals surface area contributed by atoms with Crippen molar-refractivity contribution in [2.45, 2.75) is 44.7 Å². The Bertz CT molecular complexity index is 1270. The van der Waals surface area contributed by atoms with Gasteiger partial charge in [-0.15, -0.1) is 0 Å². The minimum Gasteiger partial charge on any atom is -0.465 e. The lowest BCUT2D eigenvalue weighted by Crippen LogP contribution is -2.34. The van der Waals surface area contributed by atoms with Gasteiger partial charge in [-0.2, -0.15) is 5.10 Å². The van der Waals surface area contributed by atoms with Crippen LogP contribution in [-0.2, 0) is 11.3 Å². The van der Waals surface area contributed by atoms with Crippen LogP contribution in [0.15, 0.2) is 73.1 Å². The molecule has 4 N–H and O–H groups in total. The monoisotopic (exact) mass is 500 g/mol. The fourth-order valence-electron chi connectivity index (χ4n) is 4.36. The quantitative estimate of drug-likeness (QED) is 0.194. The Kier molecular flexibility index (Phi) is 8.70. The van der Waals surface area contributed by atoms with Crippen molar-refractivity contribution >= 4 is 12.0 Å². The third kappa shape index (κ3) is 6.84. The summed E-state index contributed by atoms with van der Waals surface area (Å²) < 4.78 is 0. The molecule has 0 radical (unpaired) electrons. The molecule has 2 aromatic carbocycles. The van der Waals surface area contributed by atoms with Crippen molar-refractivity contribution in [2.75, 3.05) is 7.05 Å². The van der Waals surface area contributed by atoms with E-state index in [1.807, 2.05) is 60.7 Å². The molecule has 2 amide bonds. The van der Waals surface area contributed by atoms with E-state index in [1.54, 1.807) is 19.4 Å². The van der Waals surface area contributed by atoms with Crippen LogP contribution in [0.4, 0.5) is 4.79 Å². The number of nitrogens with zero attached hydrogens (tertiary/aromatic N) is 3. The number of benzene rings is 2. The van der Waals surface area contributed by atoms with E-state index in [2.05, 4.69) is 25.5 Å². The van der Waals surface area contributed by atoms with Crippen LogP contribution in [0, 0.1) is 0 Å². The first-order chi connectivity index (χ1) is 18.0. The highest BCUT2D eigenvalue weighted by atomic mass is 16.4. The van der Waals surface area contributed by atoms with E-state index in [9.17, 15) is 14.7 Å². The summed E-state index contributed by atoms with van der Waals surface area (Å²) in [6.07, 6.45) is 5.88. The van der Waals surface area contributed by atoms with Gasteiger partial charge >= 0.3 is 6.09 Å². The summed E-state index contributed by atoms with van der Waals surface area (Å²) in [4.78, 5) is 33.4. The number of hydrogen-bond donors (Lipinski definition) is 4. The van der Waals surface area contributed by atoms with Gasteiger partial charge in [-0.05, 0) is 35.6 Å². The SMILES string of the molecule is CNC(=O)CCCCC[C@@H](c1ncc(-c2ccc(-c3ccn[nH]3)cc2)[nH]1)N(Cc1ccccc1)C(=O)O. The summed E-state index contributed by atoms with van der Waals surface area (Å²) in [6.45, 7) is 0.258. The van der Waals surface area contributed by atoms with Crippen LogP contribution < -0.4 is 5.32 Å². The second-order valence-corrected chi connectivity index (χ2v) is 8.91. The topological polar surface area (TPSA) is 127 Å². The zero-order chi connectivity index (χ0) is 26.0. The average molecular weight is 501 g/mol. The standard InChI is InChI=1S/C28H32N6O3/c1-29-26(35)11-7-3-6-10-25(34(28(36)37)19-20-8-4-2-5-9-20)27-30-18-24(32-27)22-14-12-21(13-15-22)23-16-17-31-33-23/h2,4-5,8-9,12-18,25H,3,6-7,10-11,19H2,1H3,(H,29,35)(H,30,32)(H,31,33)(H,36,37)/t25-/m0/s1. The van der Waals surface area contributed by atoms with Crippen molar-refractivity contribution in [3.05, 3.63) is 84.4 Å². The Balaban J connectivity index is 1.53. The lowest BCUT2D eigenvalue weighted by atomic mass is 10.0. The maximum absolute atomic E-state index is 12.4. The largest absolute Gasteiger partial charge is 0.465 e. The van der Waals surface area contributed by atoms with Crippen molar-refractivity contribution in [3.63, 3.8) is 0 Å². The number of imidazole rings is 1. The molecule has 0 aliphatic carbocycles. The molecule has 2 aromatic heterocycles. The molecule has 0 aliphatic rings. The zero-order valence-corrected chi connectivity index (χ0v) is 20.9. The predicted molar refractivity (Wildman–Crippen MR) is 142 cm³/mol. The van der Waals surface area contributed by atoms with Gasteiger partial charge in [-0.1, -0.05) is 67.4 Å². The Morgan fingerprint density at radius 2 is 1.70 bits per heavy atom. The van der Waals surface area contributed by atoms with Gasteiger partial charge in [0.1, 0.15) is 5.82 Å². The van der Waals surface area contributed by atoms with E-state index >= 15 is 0 Å². The Hall–Kier alpha value is -4.40. The molecule has 37 heavy (non-hydrogen) atoms. The van der Waals surface area contributed by atoms with Crippen LogP contribution in [0.25, 0.3) is 22.5 Å². The van der Waals surface area contributed by atoms with Gasteiger partial charge in [-0.25, -0.2) is 9.78 Å². The van der Waals surface area contributed by atoms with E-state index in [-0.39, 0.29) is 12.5 Å². The molecule has 0 bridgehead atoms. The van der Waals surface area contributed by atoms with Gasteiger partial charge in [0.15, 0.2) is 0 Å². The second kappa shape index (κ2) is 12.5. The van der Waals surface area contributed by atoms with E-state index < -0.39 is 12.1 Å². The molecule has 0 fully saturated rings. The van der Waals surface area contributed by atoms with Gasteiger partial charge in [0.25, 0.3) is 0 Å². The number of amides is 2. The molecule has 0 saturated carbocycles. The van der Waals surface area contributed by atoms with Gasteiger partial charge < -0.3 is 15.4 Å². The van der Waals surface area contributed by atoms with Crippen molar-refractivity contribution < 1.29 is 14.7 Å². The van der Waals surface area contributed by atoms with Crippen molar-refractivity contribution in [2.24, 2.45) is 0 Å². The van der Waals surface area contributed by atoms with Crippen molar-refractivity contribution in [1.82, 2.24) is 30.4 Å². The fraction of sp³-hybridized carbons (Fsp3) is 0.286. The number of aromatic amines is 2. The second-order valence-electron chi connectivity index (χ2n) is 8.91. The van der Waals surface area contributed by atoms with E-state index in [1.165, 1.54) is 4.90 Å². The number of rotatable bonds is 12. The van der Waals surface area contributed by atoms with E-state index in [0.29, 0.717) is 18.7 Å². The molecule has 0 saturated heterocycles. The first kappa shape index (κ1) is 25.7. The average Bonchev–Trinajstić information content (AvgIpc) is 3.63. The molecular weight excluding hydrogens is 468 g/mol. The number of carbonyl (C=O) groups is 2. The molecule has 0 spiro atoms. The molecule has 4 rings (SSSR count). The van der Waals surface area contributed by atoms with Crippen LogP contribution in [0.1, 0.15) is 49.5 Å². The molecule has 0 aliphatic heterocycles. The third-order valence-corrected chi connectivity index (χ3v) is 6.40. The van der Waals surface area contributed by atoms with Gasteiger partial charge in [0, 0.05) is 26.2 Å². The summed E-state index contributed by atoms with van der Waals surface area (Å²) in [5, 5.41) is 19.7.